The number of Topliss-reactive ketones (excluding diaryl/α,β-unsaturated/α-hetero) is 1. The van der Waals surface area contributed by atoms with E-state index in [9.17, 15) is 4.79 Å². The lowest BCUT2D eigenvalue weighted by atomic mass is 9.70. The largest absolute Gasteiger partial charge is 0.292 e. The van der Waals surface area contributed by atoms with Gasteiger partial charge in [0.2, 0.25) is 5.16 Å². The molecule has 1 fully saturated rings. The predicted molar refractivity (Wildman–Crippen MR) is 97.3 cm³/mol. The zero-order chi connectivity index (χ0) is 17.1. The highest BCUT2D eigenvalue weighted by Gasteiger charge is 2.61. The van der Waals surface area contributed by atoms with E-state index in [4.69, 9.17) is 16.6 Å². The molecule has 0 aliphatic heterocycles. The summed E-state index contributed by atoms with van der Waals surface area (Å²) in [5.74, 6) is 0.807. The van der Waals surface area contributed by atoms with Crippen LogP contribution in [-0.4, -0.2) is 26.7 Å². The summed E-state index contributed by atoms with van der Waals surface area (Å²) in [5, 5.41) is 9.33. The number of halogens is 1. The maximum Gasteiger partial charge on any atom is 0.209 e. The van der Waals surface area contributed by atoms with Crippen LogP contribution in [0.1, 0.15) is 60.6 Å². The summed E-state index contributed by atoms with van der Waals surface area (Å²) in [6.07, 6.45) is 2.31. The molecule has 2 bridgehead atoms. The van der Waals surface area contributed by atoms with Gasteiger partial charge in [0, 0.05) is 11.3 Å². The van der Waals surface area contributed by atoms with Crippen LogP contribution in [0.25, 0.3) is 0 Å². The lowest BCUT2D eigenvalue weighted by Crippen LogP contribution is -2.32. The number of carbonyl (C=O) groups excluding carboxylic acids is 1. The number of carbonyl (C=O) groups is 1. The molecule has 0 N–H and O–H groups in total. The Balaban J connectivity index is 1.55. The average Bonchev–Trinajstić information content (AvgIpc) is 3.12. The van der Waals surface area contributed by atoms with Crippen molar-refractivity contribution in [1.29, 1.82) is 0 Å². The van der Waals surface area contributed by atoms with Crippen molar-refractivity contribution in [2.75, 3.05) is 5.75 Å². The first-order valence-electron chi connectivity index (χ1n) is 7.99. The summed E-state index contributed by atoms with van der Waals surface area (Å²) in [5.41, 5.74) is 2.38. The van der Waals surface area contributed by atoms with E-state index < -0.39 is 0 Å². The molecule has 2 heterocycles. The van der Waals surface area contributed by atoms with Crippen LogP contribution in [0.4, 0.5) is 0 Å². The quantitative estimate of drug-likeness (QED) is 0.567. The van der Waals surface area contributed by atoms with E-state index >= 15 is 0 Å². The van der Waals surface area contributed by atoms with E-state index in [-0.39, 0.29) is 16.6 Å². The van der Waals surface area contributed by atoms with Gasteiger partial charge in [-0.2, -0.15) is 5.10 Å². The van der Waals surface area contributed by atoms with E-state index in [0.29, 0.717) is 26.0 Å². The van der Waals surface area contributed by atoms with Crippen molar-refractivity contribution in [3.8, 4) is 0 Å². The Labute approximate surface area is 154 Å². The molecule has 0 unspecified atom stereocenters. The third kappa shape index (κ3) is 2.26. The molecule has 2 atom stereocenters. The van der Waals surface area contributed by atoms with E-state index in [1.165, 1.54) is 23.1 Å². The highest BCUT2D eigenvalue weighted by atomic mass is 35.5. The van der Waals surface area contributed by atoms with Crippen LogP contribution in [-0.2, 0) is 5.41 Å². The molecule has 0 amide bonds. The molecule has 2 aromatic heterocycles. The second-order valence-corrected chi connectivity index (χ2v) is 9.95. The Morgan fingerprint density at radius 1 is 1.38 bits per heavy atom. The first-order valence-corrected chi connectivity index (χ1v) is 10.2. The second kappa shape index (κ2) is 5.51. The molecule has 4 nitrogen and oxygen atoms in total. The summed E-state index contributed by atoms with van der Waals surface area (Å²) in [4.78, 5) is 17.7. The summed E-state index contributed by atoms with van der Waals surface area (Å²) in [7, 11) is 0. The van der Waals surface area contributed by atoms with Crippen molar-refractivity contribution in [2.45, 2.75) is 50.1 Å². The molecular weight excluding hydrogens is 362 g/mol. The molecule has 2 aromatic rings. The summed E-state index contributed by atoms with van der Waals surface area (Å²) >= 11 is 8.55. The number of hydrogen-bond donors (Lipinski definition) is 0. The van der Waals surface area contributed by atoms with E-state index in [2.05, 4.69) is 31.0 Å². The van der Waals surface area contributed by atoms with Gasteiger partial charge in [0.25, 0.3) is 0 Å². The van der Waals surface area contributed by atoms with Crippen LogP contribution in [0.15, 0.2) is 17.3 Å². The van der Waals surface area contributed by atoms with Gasteiger partial charge in [-0.25, -0.2) is 4.98 Å². The molecule has 24 heavy (non-hydrogen) atoms. The van der Waals surface area contributed by atoms with Gasteiger partial charge in [-0.3, -0.25) is 4.79 Å². The van der Waals surface area contributed by atoms with Crippen LogP contribution >= 0.6 is 34.7 Å². The van der Waals surface area contributed by atoms with Gasteiger partial charge < -0.3 is 0 Å². The summed E-state index contributed by atoms with van der Waals surface area (Å²) in [6.45, 7) is 6.91. The minimum Gasteiger partial charge on any atom is -0.292 e. The Morgan fingerprint density at radius 3 is 2.88 bits per heavy atom. The molecular formula is C17H18ClN3OS2. The van der Waals surface area contributed by atoms with E-state index in [1.54, 1.807) is 12.1 Å². The Bertz CT molecular complexity index is 835. The predicted octanol–water partition coefficient (Wildman–Crippen LogP) is 4.74. The lowest BCUT2D eigenvalue weighted by Gasteiger charge is -2.33. The standard InChI is InChI=1S/C17H18ClN3OS2/c1-16(2)9-6-7-17(16,3)14-13(9)20-21-15(19-14)23-8-10(22)11-4-5-12(18)24-11/h4-5,9H,6-8H2,1-3H3/t9-,17+/m0/s1. The molecule has 1 saturated carbocycles. The summed E-state index contributed by atoms with van der Waals surface area (Å²) in [6, 6.07) is 3.51. The van der Waals surface area contributed by atoms with Crippen molar-refractivity contribution in [1.82, 2.24) is 15.2 Å². The fourth-order valence-corrected chi connectivity index (χ4v) is 5.83. The highest BCUT2D eigenvalue weighted by molar-refractivity contribution is 7.99. The first-order chi connectivity index (χ1) is 11.3. The minimum absolute atomic E-state index is 0.0501. The van der Waals surface area contributed by atoms with Gasteiger partial charge in [-0.1, -0.05) is 44.1 Å². The van der Waals surface area contributed by atoms with E-state index in [0.717, 1.165) is 24.2 Å². The number of fused-ring (bicyclic) bond motifs is 5. The fraction of sp³-hybridized carbons (Fsp3) is 0.529. The zero-order valence-corrected chi connectivity index (χ0v) is 16.2. The third-order valence-electron chi connectivity index (χ3n) is 5.95. The smallest absolute Gasteiger partial charge is 0.209 e. The van der Waals surface area contributed by atoms with Crippen molar-refractivity contribution in [3.05, 3.63) is 32.7 Å². The van der Waals surface area contributed by atoms with Crippen LogP contribution in [0.5, 0.6) is 0 Å². The zero-order valence-electron chi connectivity index (χ0n) is 13.8. The average molecular weight is 380 g/mol. The van der Waals surface area contributed by atoms with Crippen LogP contribution in [0, 0.1) is 5.41 Å². The van der Waals surface area contributed by atoms with Gasteiger partial charge in [0.1, 0.15) is 0 Å². The molecule has 0 saturated heterocycles. The van der Waals surface area contributed by atoms with Crippen LogP contribution in [0.3, 0.4) is 0 Å². The topological polar surface area (TPSA) is 55.7 Å². The molecule has 126 valence electrons. The maximum absolute atomic E-state index is 12.2. The number of thiophene rings is 1. The number of hydrogen-bond acceptors (Lipinski definition) is 6. The highest BCUT2D eigenvalue weighted by Crippen LogP contribution is 2.66. The van der Waals surface area contributed by atoms with Gasteiger partial charge in [0.05, 0.1) is 26.4 Å². The first kappa shape index (κ1) is 16.5. The third-order valence-corrected chi connectivity index (χ3v) is 8.06. The molecule has 2 aliphatic rings. The van der Waals surface area contributed by atoms with Crippen molar-refractivity contribution >= 4 is 40.5 Å². The second-order valence-electron chi connectivity index (χ2n) is 7.29. The Hall–Kier alpha value is -0.980. The normalized spacial score (nSPS) is 26.6. The molecule has 2 aliphatic carbocycles. The minimum atomic E-state index is 0.0501. The molecule has 7 heteroatoms. The Kier molecular flexibility index (Phi) is 3.79. The fourth-order valence-electron chi connectivity index (χ4n) is 4.09. The SMILES string of the molecule is CC1(C)[C@H]2CC[C@]1(C)c1nc(SCC(=O)c3ccc(Cl)s3)nnc12. The number of rotatable bonds is 4. The van der Waals surface area contributed by atoms with Crippen LogP contribution < -0.4 is 0 Å². The number of ketones is 1. The molecule has 4 rings (SSSR count). The molecule has 0 spiro atoms. The van der Waals surface area contributed by atoms with Crippen molar-refractivity contribution in [2.24, 2.45) is 5.41 Å². The molecule has 0 aromatic carbocycles. The summed E-state index contributed by atoms with van der Waals surface area (Å²) < 4.78 is 0.630. The monoisotopic (exact) mass is 379 g/mol. The van der Waals surface area contributed by atoms with Gasteiger partial charge in [-0.15, -0.1) is 16.4 Å². The number of aromatic nitrogens is 3. The number of thioether (sulfide) groups is 1. The van der Waals surface area contributed by atoms with Crippen molar-refractivity contribution in [3.63, 3.8) is 0 Å². The van der Waals surface area contributed by atoms with E-state index in [1.807, 2.05) is 0 Å². The maximum atomic E-state index is 12.2. The number of nitrogens with zero attached hydrogens (tertiary/aromatic N) is 3. The van der Waals surface area contributed by atoms with Gasteiger partial charge >= 0.3 is 0 Å². The van der Waals surface area contributed by atoms with Gasteiger partial charge in [-0.05, 0) is 30.4 Å². The van der Waals surface area contributed by atoms with Crippen molar-refractivity contribution < 1.29 is 4.79 Å². The van der Waals surface area contributed by atoms with Crippen LogP contribution in [0.2, 0.25) is 4.34 Å². The molecule has 0 radical (unpaired) electrons. The Morgan fingerprint density at radius 2 is 2.17 bits per heavy atom. The lowest BCUT2D eigenvalue weighted by molar-refractivity contribution is 0.102. The van der Waals surface area contributed by atoms with Gasteiger partial charge in [0.15, 0.2) is 5.78 Å².